The first-order valence-electron chi connectivity index (χ1n) is 17.6. The number of hydrogen-bond donors (Lipinski definition) is 0. The lowest BCUT2D eigenvalue weighted by Gasteiger charge is -2.43. The smallest absolute Gasteiger partial charge is 0.268 e. The highest BCUT2D eigenvalue weighted by atomic mass is 32.1. The number of benzene rings is 4. The number of nitrogens with zero attached hydrogens (tertiary/aromatic N) is 1. The number of unbranched alkanes of at least 4 members (excludes halogenated alkanes) is 2. The first-order chi connectivity index (χ1) is 22.2. The van der Waals surface area contributed by atoms with Crippen molar-refractivity contribution in [2.75, 3.05) is 4.90 Å². The molecule has 0 N–H and O–H groups in total. The van der Waals surface area contributed by atoms with Crippen LogP contribution in [0.25, 0.3) is 10.1 Å². The van der Waals surface area contributed by atoms with Gasteiger partial charge in [-0.25, -0.2) is 0 Å². The Kier molecular flexibility index (Phi) is 7.18. The summed E-state index contributed by atoms with van der Waals surface area (Å²) in [5, 5.41) is 1.46. The van der Waals surface area contributed by atoms with Crippen LogP contribution in [0.5, 0.6) is 11.5 Å². The van der Waals surface area contributed by atoms with E-state index in [1.54, 1.807) is 0 Å². The van der Waals surface area contributed by atoms with Gasteiger partial charge in [0, 0.05) is 26.2 Å². The lowest BCUT2D eigenvalue weighted by molar-refractivity contribution is 0.332. The third-order valence-corrected chi connectivity index (χ3v) is 12.3. The quantitative estimate of drug-likeness (QED) is 0.164. The van der Waals surface area contributed by atoms with E-state index < -0.39 is 0 Å². The van der Waals surface area contributed by atoms with Crippen LogP contribution in [0.4, 0.5) is 17.1 Å². The Morgan fingerprint density at radius 2 is 1.52 bits per heavy atom. The van der Waals surface area contributed by atoms with Gasteiger partial charge in [0.2, 0.25) is 0 Å². The number of anilines is 3. The van der Waals surface area contributed by atoms with Gasteiger partial charge in [0.15, 0.2) is 0 Å². The molecule has 2 nitrogen and oxygen atoms in total. The minimum Gasteiger partial charge on any atom is -0.458 e. The summed E-state index contributed by atoms with van der Waals surface area (Å²) in [6.07, 6.45) is 9.56. The molecule has 1 aromatic heterocycles. The molecule has 0 fully saturated rings. The molecule has 3 aliphatic rings. The molecular formula is C42H46BNOS. The average Bonchev–Trinajstić information content (AvgIpc) is 3.44. The van der Waals surface area contributed by atoms with Gasteiger partial charge in [-0.1, -0.05) is 90.8 Å². The monoisotopic (exact) mass is 623 g/mol. The molecule has 3 heterocycles. The molecule has 0 spiro atoms. The molecule has 4 heteroatoms. The third-order valence-electron chi connectivity index (χ3n) is 11.2. The largest absolute Gasteiger partial charge is 0.458 e. The molecule has 0 saturated carbocycles. The van der Waals surface area contributed by atoms with Crippen molar-refractivity contribution in [1.82, 2.24) is 0 Å². The van der Waals surface area contributed by atoms with Crippen molar-refractivity contribution in [3.63, 3.8) is 0 Å². The SMILES string of the molecule is CCCCc1cc(CCCC)c2c3c(sc2c1)B1c2ccccc2Oc2cccc(c21)N3c1ccc2c(c1)C(C)(C)CCC2(C)C. The van der Waals surface area contributed by atoms with Crippen molar-refractivity contribution >= 4 is 60.9 Å². The minimum absolute atomic E-state index is 0.136. The Morgan fingerprint density at radius 3 is 2.33 bits per heavy atom. The molecule has 0 atom stereocenters. The minimum atomic E-state index is 0.136. The standard InChI is InChI=1S/C42H46BNOS/c1-7-9-14-27-24-28(15-10-8-2)37-36(25-27)46-40-39(37)44(29-20-21-30-31(26-29)42(5,6)23-22-41(30,3)4)33-17-13-19-35-38(33)43(40)32-16-11-12-18-34(32)45-35/h11-13,16-21,24-26H,7-10,14-15,22-23H2,1-6H3. The number of rotatable bonds is 7. The normalized spacial score (nSPS) is 16.8. The van der Waals surface area contributed by atoms with Gasteiger partial charge in [-0.15, -0.1) is 11.3 Å². The predicted octanol–water partition coefficient (Wildman–Crippen LogP) is 10.3. The number of fused-ring (bicyclic) bond motifs is 7. The average molecular weight is 624 g/mol. The van der Waals surface area contributed by atoms with Gasteiger partial charge in [-0.3, -0.25) is 0 Å². The van der Waals surface area contributed by atoms with E-state index >= 15 is 0 Å². The molecule has 234 valence electrons. The second-order valence-corrected chi connectivity index (χ2v) is 16.3. The molecule has 0 saturated heterocycles. The third kappa shape index (κ3) is 4.58. The fourth-order valence-electron chi connectivity index (χ4n) is 8.45. The second kappa shape index (κ2) is 11.0. The molecule has 46 heavy (non-hydrogen) atoms. The first kappa shape index (κ1) is 29.9. The van der Waals surface area contributed by atoms with Gasteiger partial charge in [0.25, 0.3) is 6.71 Å². The number of aryl methyl sites for hydroxylation is 2. The number of hydrogen-bond acceptors (Lipinski definition) is 3. The van der Waals surface area contributed by atoms with Gasteiger partial charge < -0.3 is 9.64 Å². The zero-order chi connectivity index (χ0) is 31.8. The summed E-state index contributed by atoms with van der Waals surface area (Å²) in [5.41, 5.74) is 12.9. The topological polar surface area (TPSA) is 12.5 Å². The summed E-state index contributed by atoms with van der Waals surface area (Å²) in [4.78, 5) is 2.62. The van der Waals surface area contributed by atoms with Crippen LogP contribution in [-0.4, -0.2) is 6.71 Å². The Hall–Kier alpha value is -3.50. The summed E-state index contributed by atoms with van der Waals surface area (Å²) >= 11 is 2.03. The molecule has 5 aromatic rings. The molecule has 0 unspecified atom stereocenters. The van der Waals surface area contributed by atoms with Crippen LogP contribution < -0.4 is 25.3 Å². The van der Waals surface area contributed by atoms with Crippen LogP contribution in [0.3, 0.4) is 0 Å². The zero-order valence-corrected chi connectivity index (χ0v) is 29.2. The van der Waals surface area contributed by atoms with Gasteiger partial charge >= 0.3 is 0 Å². The maximum absolute atomic E-state index is 6.67. The van der Waals surface area contributed by atoms with Crippen LogP contribution in [-0.2, 0) is 23.7 Å². The van der Waals surface area contributed by atoms with E-state index in [9.17, 15) is 0 Å². The van der Waals surface area contributed by atoms with E-state index in [0.29, 0.717) is 0 Å². The van der Waals surface area contributed by atoms with Crippen molar-refractivity contribution in [1.29, 1.82) is 0 Å². The van der Waals surface area contributed by atoms with Crippen molar-refractivity contribution in [3.8, 4) is 11.5 Å². The molecule has 2 aliphatic heterocycles. The lowest BCUT2D eigenvalue weighted by Crippen LogP contribution is -2.58. The van der Waals surface area contributed by atoms with Crippen molar-refractivity contribution in [2.24, 2.45) is 0 Å². The van der Waals surface area contributed by atoms with Gasteiger partial charge in [-0.2, -0.15) is 0 Å². The van der Waals surface area contributed by atoms with Gasteiger partial charge in [0.05, 0.1) is 5.69 Å². The highest BCUT2D eigenvalue weighted by Gasteiger charge is 2.45. The number of thiophene rings is 1. The van der Waals surface area contributed by atoms with Crippen LogP contribution in [0, 0.1) is 0 Å². The lowest BCUT2D eigenvalue weighted by atomic mass is 9.37. The summed E-state index contributed by atoms with van der Waals surface area (Å²) in [5.74, 6) is 1.98. The molecular weight excluding hydrogens is 577 g/mol. The van der Waals surface area contributed by atoms with E-state index in [1.807, 2.05) is 11.3 Å². The Labute approximate surface area is 279 Å². The van der Waals surface area contributed by atoms with E-state index in [4.69, 9.17) is 4.74 Å². The Bertz CT molecular complexity index is 1980. The first-order valence-corrected chi connectivity index (χ1v) is 18.5. The summed E-state index contributed by atoms with van der Waals surface area (Å²) < 4.78 is 9.56. The van der Waals surface area contributed by atoms with Gasteiger partial charge in [0.1, 0.15) is 11.5 Å². The molecule has 0 radical (unpaired) electrons. The van der Waals surface area contributed by atoms with Gasteiger partial charge in [-0.05, 0) is 119 Å². The molecule has 4 aromatic carbocycles. The van der Waals surface area contributed by atoms with Crippen molar-refractivity contribution < 1.29 is 4.74 Å². The fourth-order valence-corrected chi connectivity index (χ4v) is 9.88. The maximum Gasteiger partial charge on any atom is 0.268 e. The Morgan fingerprint density at radius 1 is 0.783 bits per heavy atom. The highest BCUT2D eigenvalue weighted by Crippen LogP contribution is 2.51. The summed E-state index contributed by atoms with van der Waals surface area (Å²) in [7, 11) is 0. The summed E-state index contributed by atoms with van der Waals surface area (Å²) in [6, 6.07) is 27.9. The van der Waals surface area contributed by atoms with Crippen LogP contribution >= 0.6 is 11.3 Å². The van der Waals surface area contributed by atoms with E-state index in [2.05, 4.69) is 119 Å². The van der Waals surface area contributed by atoms with Crippen molar-refractivity contribution in [3.05, 3.63) is 95.1 Å². The second-order valence-electron chi connectivity index (χ2n) is 15.2. The molecule has 0 amide bonds. The van der Waals surface area contributed by atoms with Crippen LogP contribution in [0.2, 0.25) is 0 Å². The summed E-state index contributed by atoms with van der Waals surface area (Å²) in [6.45, 7) is 14.5. The van der Waals surface area contributed by atoms with E-state index in [-0.39, 0.29) is 17.5 Å². The molecule has 0 bridgehead atoms. The highest BCUT2D eigenvalue weighted by molar-refractivity contribution is 7.33. The zero-order valence-electron chi connectivity index (χ0n) is 28.4. The van der Waals surface area contributed by atoms with Crippen LogP contribution in [0.15, 0.2) is 72.8 Å². The maximum atomic E-state index is 6.67. The predicted molar refractivity (Wildman–Crippen MR) is 200 cm³/mol. The van der Waals surface area contributed by atoms with Crippen molar-refractivity contribution in [2.45, 2.75) is 104 Å². The Balaban J connectivity index is 1.44. The van der Waals surface area contributed by atoms with E-state index in [1.165, 1.54) is 104 Å². The van der Waals surface area contributed by atoms with E-state index in [0.717, 1.165) is 24.3 Å². The molecule has 8 rings (SSSR count). The molecule has 1 aliphatic carbocycles. The number of ether oxygens (including phenoxy) is 1. The van der Waals surface area contributed by atoms with Crippen LogP contribution in [0.1, 0.15) is 102 Å². The fraction of sp³-hybridized carbons (Fsp3) is 0.381. The number of para-hydroxylation sites is 1.